The van der Waals surface area contributed by atoms with Gasteiger partial charge in [-0.3, -0.25) is 9.69 Å². The molecule has 3 rings (SSSR count). The first-order valence-corrected chi connectivity index (χ1v) is 9.66. The van der Waals surface area contributed by atoms with Crippen LogP contribution in [0.25, 0.3) is 11.5 Å². The van der Waals surface area contributed by atoms with Crippen LogP contribution >= 0.6 is 0 Å². The number of aryl methyl sites for hydroxylation is 1. The highest BCUT2D eigenvalue weighted by Crippen LogP contribution is 2.24. The Hall–Kier alpha value is -2.21. The van der Waals surface area contributed by atoms with Crippen LogP contribution in [-0.2, 0) is 11.2 Å². The molecule has 1 aliphatic heterocycles. The van der Waals surface area contributed by atoms with Gasteiger partial charge in [0.25, 0.3) is 0 Å². The van der Waals surface area contributed by atoms with Crippen LogP contribution in [0.3, 0.4) is 0 Å². The number of hydrogen-bond donors (Lipinski definition) is 1. The van der Waals surface area contributed by atoms with Crippen LogP contribution in [0, 0.1) is 18.7 Å². The van der Waals surface area contributed by atoms with Crippen LogP contribution in [0.4, 0.5) is 4.39 Å². The van der Waals surface area contributed by atoms with E-state index in [1.807, 2.05) is 0 Å². The molecule has 5 nitrogen and oxygen atoms in total. The second-order valence-electron chi connectivity index (χ2n) is 7.55. The van der Waals surface area contributed by atoms with Gasteiger partial charge in [0.05, 0.1) is 17.7 Å². The van der Waals surface area contributed by atoms with E-state index in [0.29, 0.717) is 29.6 Å². The first-order valence-electron chi connectivity index (χ1n) is 9.66. The van der Waals surface area contributed by atoms with Crippen LogP contribution in [0.2, 0.25) is 0 Å². The minimum atomic E-state index is -0.389. The smallest absolute Gasteiger partial charge is 0.229 e. The van der Waals surface area contributed by atoms with E-state index in [9.17, 15) is 9.18 Å². The maximum Gasteiger partial charge on any atom is 0.229 e. The van der Waals surface area contributed by atoms with E-state index in [0.717, 1.165) is 19.0 Å². The fourth-order valence-electron chi connectivity index (χ4n) is 3.42. The number of oxazole rings is 1. The Bertz CT molecular complexity index is 781. The lowest BCUT2D eigenvalue weighted by atomic mass is 9.98. The first kappa shape index (κ1) is 19.5. The summed E-state index contributed by atoms with van der Waals surface area (Å²) in [5.74, 6) is 1.07. The van der Waals surface area contributed by atoms with Crippen molar-refractivity contribution < 1.29 is 13.6 Å². The third-order valence-electron chi connectivity index (χ3n) is 5.36. The largest absolute Gasteiger partial charge is 0.441 e. The number of likely N-dealkylation sites (tertiary alicyclic amines) is 1. The van der Waals surface area contributed by atoms with Crippen molar-refractivity contribution in [1.82, 2.24) is 15.2 Å². The maximum atomic E-state index is 13.9. The number of hydrogen-bond acceptors (Lipinski definition) is 4. The van der Waals surface area contributed by atoms with Gasteiger partial charge in [-0.25, -0.2) is 9.37 Å². The topological polar surface area (TPSA) is 58.4 Å². The Kier molecular flexibility index (Phi) is 6.26. The molecule has 1 amide bonds. The average molecular weight is 373 g/mol. The summed E-state index contributed by atoms with van der Waals surface area (Å²) in [4.78, 5) is 19.1. The molecule has 1 atom stereocenters. The molecular weight excluding hydrogens is 345 g/mol. The highest BCUT2D eigenvalue weighted by atomic mass is 19.1. The zero-order valence-corrected chi connectivity index (χ0v) is 16.3. The van der Waals surface area contributed by atoms with Gasteiger partial charge in [0.2, 0.25) is 11.8 Å². The lowest BCUT2D eigenvalue weighted by molar-refractivity contribution is -0.120. The second kappa shape index (κ2) is 8.65. The Balaban J connectivity index is 1.54. The van der Waals surface area contributed by atoms with Gasteiger partial charge >= 0.3 is 0 Å². The predicted molar refractivity (Wildman–Crippen MR) is 103 cm³/mol. The Labute approximate surface area is 160 Å². The molecule has 1 aromatic heterocycles. The van der Waals surface area contributed by atoms with Crippen LogP contribution in [0.15, 0.2) is 28.7 Å². The first-order chi connectivity index (χ1) is 12.9. The number of halogens is 1. The van der Waals surface area contributed by atoms with Crippen molar-refractivity contribution in [2.45, 2.75) is 46.1 Å². The molecule has 0 saturated carbocycles. The SMILES string of the molecule is Cc1oc(-c2ccccc2F)nc1CC(=O)NCC(C)N1CCC(C)CC1. The van der Waals surface area contributed by atoms with E-state index in [1.165, 1.54) is 18.9 Å². The quantitative estimate of drug-likeness (QED) is 0.841. The van der Waals surface area contributed by atoms with Crippen LogP contribution in [0.1, 0.15) is 38.1 Å². The molecule has 1 aliphatic rings. The summed E-state index contributed by atoms with van der Waals surface area (Å²) in [7, 11) is 0. The summed E-state index contributed by atoms with van der Waals surface area (Å²) < 4.78 is 19.5. The number of benzene rings is 1. The van der Waals surface area contributed by atoms with Crippen molar-refractivity contribution in [1.29, 1.82) is 0 Å². The summed E-state index contributed by atoms with van der Waals surface area (Å²) in [6, 6.07) is 6.64. The lowest BCUT2D eigenvalue weighted by Crippen LogP contribution is -2.45. The Morgan fingerprint density at radius 3 is 2.78 bits per heavy atom. The molecule has 146 valence electrons. The average Bonchev–Trinajstić information content (AvgIpc) is 3.01. The third-order valence-corrected chi connectivity index (χ3v) is 5.36. The monoisotopic (exact) mass is 373 g/mol. The van der Waals surface area contributed by atoms with E-state index >= 15 is 0 Å². The predicted octanol–water partition coefficient (Wildman–Crippen LogP) is 3.57. The summed E-state index contributed by atoms with van der Waals surface area (Å²) in [6.07, 6.45) is 2.57. The van der Waals surface area contributed by atoms with E-state index in [1.54, 1.807) is 25.1 Å². The fraction of sp³-hybridized carbons (Fsp3) is 0.524. The van der Waals surface area contributed by atoms with Crippen molar-refractivity contribution in [3.05, 3.63) is 41.5 Å². The molecule has 1 aromatic carbocycles. The van der Waals surface area contributed by atoms with Crippen molar-refractivity contribution in [2.75, 3.05) is 19.6 Å². The number of rotatable bonds is 6. The van der Waals surface area contributed by atoms with Gasteiger partial charge in [-0.2, -0.15) is 0 Å². The highest BCUT2D eigenvalue weighted by molar-refractivity contribution is 5.78. The van der Waals surface area contributed by atoms with Crippen molar-refractivity contribution in [3.8, 4) is 11.5 Å². The zero-order chi connectivity index (χ0) is 19.4. The van der Waals surface area contributed by atoms with Gasteiger partial charge in [0.15, 0.2) is 0 Å². The molecular formula is C21H28FN3O2. The van der Waals surface area contributed by atoms with Gasteiger partial charge in [0.1, 0.15) is 11.6 Å². The highest BCUT2D eigenvalue weighted by Gasteiger charge is 2.21. The van der Waals surface area contributed by atoms with E-state index in [-0.39, 0.29) is 24.0 Å². The number of aromatic nitrogens is 1. The van der Waals surface area contributed by atoms with Crippen LogP contribution < -0.4 is 5.32 Å². The number of piperidine rings is 1. The number of nitrogens with zero attached hydrogens (tertiary/aromatic N) is 2. The molecule has 1 fully saturated rings. The number of carbonyl (C=O) groups excluding carboxylic acids is 1. The van der Waals surface area contributed by atoms with Gasteiger partial charge < -0.3 is 9.73 Å². The standard InChI is InChI=1S/C21H28FN3O2/c1-14-8-10-25(11-9-14)15(2)13-23-20(26)12-19-16(3)27-21(24-19)17-6-4-5-7-18(17)22/h4-7,14-15H,8-13H2,1-3H3,(H,23,26). The molecule has 0 bridgehead atoms. The summed E-state index contributed by atoms with van der Waals surface area (Å²) >= 11 is 0. The Morgan fingerprint density at radius 1 is 1.37 bits per heavy atom. The molecule has 6 heteroatoms. The minimum Gasteiger partial charge on any atom is -0.441 e. The second-order valence-corrected chi connectivity index (χ2v) is 7.55. The molecule has 27 heavy (non-hydrogen) atoms. The van der Waals surface area contributed by atoms with Crippen molar-refractivity contribution in [2.24, 2.45) is 5.92 Å². The normalized spacial score (nSPS) is 17.0. The zero-order valence-electron chi connectivity index (χ0n) is 16.3. The molecule has 2 aromatic rings. The minimum absolute atomic E-state index is 0.0938. The molecule has 1 unspecified atom stereocenters. The summed E-state index contributed by atoms with van der Waals surface area (Å²) in [5, 5.41) is 2.99. The maximum absolute atomic E-state index is 13.9. The third kappa shape index (κ3) is 4.95. The van der Waals surface area contributed by atoms with Gasteiger partial charge in [-0.1, -0.05) is 19.1 Å². The van der Waals surface area contributed by atoms with Crippen molar-refractivity contribution in [3.63, 3.8) is 0 Å². The molecule has 0 radical (unpaired) electrons. The molecule has 0 aliphatic carbocycles. The van der Waals surface area contributed by atoms with Crippen LogP contribution in [0.5, 0.6) is 0 Å². The van der Waals surface area contributed by atoms with Gasteiger partial charge in [-0.15, -0.1) is 0 Å². The Morgan fingerprint density at radius 2 is 2.07 bits per heavy atom. The molecule has 2 heterocycles. The summed E-state index contributed by atoms with van der Waals surface area (Å²) in [6.45, 7) is 8.98. The number of amides is 1. The fourth-order valence-corrected chi connectivity index (χ4v) is 3.42. The van der Waals surface area contributed by atoms with Gasteiger partial charge in [-0.05, 0) is 57.8 Å². The molecule has 1 saturated heterocycles. The summed E-state index contributed by atoms with van der Waals surface area (Å²) in [5.41, 5.74) is 0.852. The van der Waals surface area contributed by atoms with E-state index < -0.39 is 0 Å². The van der Waals surface area contributed by atoms with E-state index in [4.69, 9.17) is 4.42 Å². The lowest BCUT2D eigenvalue weighted by Gasteiger charge is -2.35. The van der Waals surface area contributed by atoms with Crippen molar-refractivity contribution >= 4 is 5.91 Å². The van der Waals surface area contributed by atoms with E-state index in [2.05, 4.69) is 29.0 Å². The van der Waals surface area contributed by atoms with Crippen LogP contribution in [-0.4, -0.2) is 41.5 Å². The van der Waals surface area contributed by atoms with Gasteiger partial charge in [0, 0.05) is 12.6 Å². The number of nitrogens with one attached hydrogen (secondary N) is 1. The molecule has 1 N–H and O–H groups in total. The number of carbonyl (C=O) groups is 1. The molecule has 0 spiro atoms.